The molecule has 2 aliphatic rings. The summed E-state index contributed by atoms with van der Waals surface area (Å²) in [6.07, 6.45) is 5.11. The Labute approximate surface area is 280 Å². The Hall–Kier alpha value is -0.413. The first kappa shape index (κ1) is 36.4. The molecule has 44 heavy (non-hydrogen) atoms. The molecule has 0 radical (unpaired) electrons. The standard InChI is InChI=1S/2C19H27.C2H7Si.2ClH.Hf/c2*1-12(2)14-8-15-9-16(19(5,6)7)11-18(15)17(10-14)13(3)4;1-3-2;;;/h2*8-13H,1-7H3;3H,1-2H3;2*1H;/q;;;;;+2/p-2. The van der Waals surface area contributed by atoms with Crippen molar-refractivity contribution in [3.63, 3.8) is 0 Å². The molecule has 0 N–H and O–H groups in total. The third-order valence-corrected chi connectivity index (χ3v) is 83.3. The van der Waals surface area contributed by atoms with Gasteiger partial charge in [0, 0.05) is 0 Å². The summed E-state index contributed by atoms with van der Waals surface area (Å²) in [5, 5.41) is 0. The molecule has 2 unspecified atom stereocenters. The second kappa shape index (κ2) is 11.9. The summed E-state index contributed by atoms with van der Waals surface area (Å²) >= 11 is -5.10. The number of benzene rings is 2. The molecule has 4 heteroatoms. The molecule has 0 amide bonds. The van der Waals surface area contributed by atoms with Crippen LogP contribution in [0.4, 0.5) is 0 Å². The third-order valence-electron chi connectivity index (χ3n) is 10.9. The molecule has 2 aliphatic carbocycles. The number of hydrogen-bond donors (Lipinski definition) is 0. The molecule has 0 heterocycles. The minimum absolute atomic E-state index is 0.0452. The average Bonchev–Trinajstić information content (AvgIpc) is 3.47. The minimum atomic E-state index is -5.10. The van der Waals surface area contributed by atoms with Gasteiger partial charge < -0.3 is 0 Å². The number of fused-ring (bicyclic) bond motifs is 2. The number of rotatable bonds is 7. The van der Waals surface area contributed by atoms with E-state index < -0.39 is 21.3 Å². The zero-order valence-electron chi connectivity index (χ0n) is 30.8. The van der Waals surface area contributed by atoms with E-state index in [1.807, 2.05) is 0 Å². The van der Waals surface area contributed by atoms with Crippen LogP contribution in [0, 0.1) is 10.8 Å². The normalized spacial score (nSPS) is 20.0. The van der Waals surface area contributed by atoms with Crippen molar-refractivity contribution in [2.75, 3.05) is 0 Å². The van der Waals surface area contributed by atoms with Crippen molar-refractivity contribution >= 4 is 35.3 Å². The predicted molar refractivity (Wildman–Crippen MR) is 200 cm³/mol. The van der Waals surface area contributed by atoms with Gasteiger partial charge in [0.1, 0.15) is 0 Å². The van der Waals surface area contributed by atoms with E-state index in [-0.39, 0.29) is 18.2 Å². The van der Waals surface area contributed by atoms with E-state index in [2.05, 4.69) is 146 Å². The van der Waals surface area contributed by atoms with E-state index in [1.54, 1.807) is 0 Å². The summed E-state index contributed by atoms with van der Waals surface area (Å²) < 4.78 is 0.222. The van der Waals surface area contributed by atoms with Crippen molar-refractivity contribution < 1.29 is 15.3 Å². The molecule has 0 spiro atoms. The Balaban J connectivity index is 2.21. The van der Waals surface area contributed by atoms with Crippen molar-refractivity contribution in [2.24, 2.45) is 10.8 Å². The van der Waals surface area contributed by atoms with Gasteiger partial charge >= 0.3 is 282 Å². The van der Waals surface area contributed by atoms with Crippen molar-refractivity contribution in [3.8, 4) is 0 Å². The molecule has 4 rings (SSSR count). The van der Waals surface area contributed by atoms with Gasteiger partial charge in [-0.1, -0.05) is 0 Å². The van der Waals surface area contributed by atoms with E-state index in [9.17, 15) is 0 Å². The summed E-state index contributed by atoms with van der Waals surface area (Å²) in [5.41, 5.74) is 14.3. The molecule has 0 saturated carbocycles. The zero-order valence-corrected chi connectivity index (χ0v) is 37.0. The fraction of sp³-hybridized carbons (Fsp3) is 0.600. The van der Waals surface area contributed by atoms with Gasteiger partial charge in [0.25, 0.3) is 0 Å². The summed E-state index contributed by atoms with van der Waals surface area (Å²) in [6.45, 7) is 38.0. The van der Waals surface area contributed by atoms with E-state index in [1.165, 1.54) is 55.7 Å². The van der Waals surface area contributed by atoms with Gasteiger partial charge in [-0.15, -0.1) is 0 Å². The first-order valence-electron chi connectivity index (χ1n) is 17.3. The summed E-state index contributed by atoms with van der Waals surface area (Å²) in [4.78, 5) is 0. The van der Waals surface area contributed by atoms with Crippen molar-refractivity contribution in [1.29, 1.82) is 0 Å². The fourth-order valence-electron chi connectivity index (χ4n) is 8.01. The Morgan fingerprint density at radius 3 is 1.11 bits per heavy atom. The van der Waals surface area contributed by atoms with Gasteiger partial charge in [-0.3, -0.25) is 0 Å². The Morgan fingerprint density at radius 1 is 0.568 bits per heavy atom. The zero-order chi connectivity index (χ0) is 33.5. The molecule has 243 valence electrons. The van der Waals surface area contributed by atoms with Crippen molar-refractivity contribution in [2.45, 2.75) is 141 Å². The van der Waals surface area contributed by atoms with E-state index in [0.717, 1.165) is 0 Å². The predicted octanol–water partition coefficient (Wildman–Crippen LogP) is 13.8. The maximum atomic E-state index is 8.89. The average molecular weight is 819 g/mol. The van der Waals surface area contributed by atoms with Crippen LogP contribution in [0.2, 0.25) is 13.1 Å². The van der Waals surface area contributed by atoms with Crippen LogP contribution in [-0.4, -0.2) is 5.98 Å². The second-order valence-corrected chi connectivity index (χ2v) is 77.1. The van der Waals surface area contributed by atoms with Crippen LogP contribution in [0.3, 0.4) is 0 Å². The molecular formula is C40H61Cl2HfSi. The van der Waals surface area contributed by atoms with Gasteiger partial charge in [-0.05, 0) is 0 Å². The van der Waals surface area contributed by atoms with Crippen LogP contribution >= 0.6 is 17.2 Å². The quantitative estimate of drug-likeness (QED) is 0.244. The molecule has 0 aromatic heterocycles. The Bertz CT molecular complexity index is 1400. The first-order valence-corrected chi connectivity index (χ1v) is 39.5. The summed E-state index contributed by atoms with van der Waals surface area (Å²) in [7, 11) is 17.8. The molecular weight excluding hydrogens is 758 g/mol. The molecule has 2 aromatic carbocycles. The first-order chi connectivity index (χ1) is 19.9. The van der Waals surface area contributed by atoms with E-state index in [4.69, 9.17) is 17.2 Å². The molecule has 0 fully saturated rings. The van der Waals surface area contributed by atoms with Crippen molar-refractivity contribution in [1.82, 2.24) is 0 Å². The Kier molecular flexibility index (Phi) is 9.87. The van der Waals surface area contributed by atoms with Crippen LogP contribution in [0.5, 0.6) is 0 Å². The van der Waals surface area contributed by atoms with Crippen LogP contribution < -0.4 is 0 Å². The van der Waals surface area contributed by atoms with Crippen LogP contribution in [-0.2, 0) is 15.3 Å². The number of hydrogen-bond acceptors (Lipinski definition) is 0. The summed E-state index contributed by atoms with van der Waals surface area (Å²) in [6, 6.07) is 10.0. The van der Waals surface area contributed by atoms with Gasteiger partial charge in [0.05, 0.1) is 0 Å². The topological polar surface area (TPSA) is 0 Å². The molecule has 0 nitrogen and oxygen atoms in total. The maximum absolute atomic E-state index is 8.89. The monoisotopic (exact) mass is 819 g/mol. The van der Waals surface area contributed by atoms with Gasteiger partial charge in [0.2, 0.25) is 0 Å². The third kappa shape index (κ3) is 5.92. The molecule has 2 aromatic rings. The van der Waals surface area contributed by atoms with E-state index >= 15 is 0 Å². The van der Waals surface area contributed by atoms with Crippen LogP contribution in [0.1, 0.15) is 172 Å². The molecule has 2 atom stereocenters. The van der Waals surface area contributed by atoms with Gasteiger partial charge in [-0.25, -0.2) is 0 Å². The summed E-state index contributed by atoms with van der Waals surface area (Å²) in [5.74, 6) is 0.101. The number of halogens is 2. The van der Waals surface area contributed by atoms with Crippen LogP contribution in [0.15, 0.2) is 35.4 Å². The molecule has 0 saturated heterocycles. The van der Waals surface area contributed by atoms with Crippen molar-refractivity contribution in [3.05, 3.63) is 79.9 Å². The van der Waals surface area contributed by atoms with Crippen LogP contribution in [0.25, 0.3) is 12.2 Å². The van der Waals surface area contributed by atoms with Gasteiger partial charge in [0.15, 0.2) is 0 Å². The van der Waals surface area contributed by atoms with E-state index in [0.29, 0.717) is 23.7 Å². The number of allylic oxidation sites excluding steroid dienone is 2. The molecule has 0 bridgehead atoms. The molecule has 0 aliphatic heterocycles. The second-order valence-electron chi connectivity index (χ2n) is 17.8. The van der Waals surface area contributed by atoms with Gasteiger partial charge in [-0.2, -0.15) is 0 Å². The fourth-order valence-corrected chi connectivity index (χ4v) is 52.5. The SMILES string of the molecule is CC(C)c1cc(C(C)C)c2c(c1)[CH]([Hf]([Cl])([Cl])([CH]1C(C(C)(C)C)=Cc3c(C(C)C)cc(C(C)C)cc31)[SiH](C)C)C(C(C)(C)C)=C2. The Morgan fingerprint density at radius 2 is 0.886 bits per heavy atom.